The van der Waals surface area contributed by atoms with Crippen molar-refractivity contribution >= 4 is 17.5 Å². The summed E-state index contributed by atoms with van der Waals surface area (Å²) in [6, 6.07) is 7.27. The highest BCUT2D eigenvalue weighted by Crippen LogP contribution is 2.65. The number of anilines is 1. The maximum atomic E-state index is 13.0. The van der Waals surface area contributed by atoms with E-state index in [2.05, 4.69) is 12.2 Å². The molecule has 4 aliphatic carbocycles. The number of amides is 2. The van der Waals surface area contributed by atoms with E-state index >= 15 is 0 Å². The fraction of sp³-hybridized carbons (Fsp3) is 0.444. The highest BCUT2D eigenvalue weighted by Gasteiger charge is 2.67. The van der Waals surface area contributed by atoms with Gasteiger partial charge in [0, 0.05) is 0 Å². The zero-order valence-corrected chi connectivity index (χ0v) is 12.3. The van der Waals surface area contributed by atoms with Crippen molar-refractivity contribution in [1.29, 1.82) is 0 Å². The quantitative estimate of drug-likeness (QED) is 0.621. The average molecular weight is 295 g/mol. The first-order valence-electron chi connectivity index (χ1n) is 7.91. The van der Waals surface area contributed by atoms with E-state index < -0.39 is 0 Å². The van der Waals surface area contributed by atoms with Gasteiger partial charge in [-0.15, -0.1) is 0 Å². The van der Waals surface area contributed by atoms with Crippen molar-refractivity contribution < 1.29 is 14.3 Å². The van der Waals surface area contributed by atoms with E-state index in [1.54, 1.807) is 19.2 Å². The normalized spacial score (nSPS) is 40.7. The highest BCUT2D eigenvalue weighted by molar-refractivity contribution is 6.23. The van der Waals surface area contributed by atoms with Gasteiger partial charge in [-0.1, -0.05) is 24.3 Å². The Labute approximate surface area is 128 Å². The molecule has 1 aliphatic heterocycles. The van der Waals surface area contributed by atoms with E-state index in [0.29, 0.717) is 23.3 Å². The average Bonchev–Trinajstić information content (AvgIpc) is 3.32. The number of carbonyl (C=O) groups is 2. The van der Waals surface area contributed by atoms with Gasteiger partial charge >= 0.3 is 0 Å². The summed E-state index contributed by atoms with van der Waals surface area (Å²) in [5.74, 6) is 1.97. The van der Waals surface area contributed by atoms with Crippen molar-refractivity contribution in [1.82, 2.24) is 0 Å². The Balaban J connectivity index is 1.60. The predicted molar refractivity (Wildman–Crippen MR) is 80.2 cm³/mol. The Kier molecular flexibility index (Phi) is 2.26. The molecule has 0 unspecified atom stereocenters. The SMILES string of the molecule is COc1ccccc1N1C(=O)[C@@H]2[C@H]3C=C[C@@H]([C@@H]4C[C@H]34)[C@@H]2C1=O. The molecular formula is C18H17NO3. The lowest BCUT2D eigenvalue weighted by molar-refractivity contribution is -0.124. The van der Waals surface area contributed by atoms with Crippen LogP contribution in [-0.2, 0) is 9.59 Å². The van der Waals surface area contributed by atoms with Crippen molar-refractivity contribution in [3.63, 3.8) is 0 Å². The zero-order chi connectivity index (χ0) is 15.0. The van der Waals surface area contributed by atoms with Gasteiger partial charge in [-0.3, -0.25) is 9.59 Å². The van der Waals surface area contributed by atoms with Crippen molar-refractivity contribution in [2.45, 2.75) is 6.42 Å². The molecule has 5 aliphatic rings. The molecule has 4 nitrogen and oxygen atoms in total. The molecule has 1 saturated heterocycles. The maximum Gasteiger partial charge on any atom is 0.238 e. The second kappa shape index (κ2) is 4.00. The number of hydrogen-bond donors (Lipinski definition) is 0. The molecular weight excluding hydrogens is 278 g/mol. The van der Waals surface area contributed by atoms with Crippen LogP contribution in [0.15, 0.2) is 36.4 Å². The number of nitrogens with zero attached hydrogens (tertiary/aromatic N) is 1. The van der Waals surface area contributed by atoms with Crippen molar-refractivity contribution in [2.75, 3.05) is 12.0 Å². The van der Waals surface area contributed by atoms with Gasteiger partial charge in [-0.05, 0) is 42.2 Å². The molecule has 2 amide bonds. The fourth-order valence-corrected chi connectivity index (χ4v) is 5.01. The summed E-state index contributed by atoms with van der Waals surface area (Å²) >= 11 is 0. The largest absolute Gasteiger partial charge is 0.495 e. The molecule has 6 atom stereocenters. The first-order valence-corrected chi connectivity index (χ1v) is 7.91. The third-order valence-corrected chi connectivity index (χ3v) is 5.99. The molecule has 2 bridgehead atoms. The van der Waals surface area contributed by atoms with Crippen LogP contribution in [0.3, 0.4) is 0 Å². The second-order valence-electron chi connectivity index (χ2n) is 6.84. The van der Waals surface area contributed by atoms with Crippen LogP contribution in [0.5, 0.6) is 5.75 Å². The smallest absolute Gasteiger partial charge is 0.238 e. The first kappa shape index (κ1) is 12.4. The standard InChI is InChI=1S/C18H17NO3/c1-22-14-5-3-2-4-13(14)19-17(20)15-9-6-7-10(12-8-11(9)12)16(15)18(19)21/h2-7,9-12,15-16H,8H2,1H3/t9-,10-,11-,12+,15-,16+/m0/s1. The third-order valence-electron chi connectivity index (χ3n) is 5.99. The molecule has 1 aromatic carbocycles. The molecule has 2 saturated carbocycles. The maximum absolute atomic E-state index is 13.0. The van der Waals surface area contributed by atoms with Crippen LogP contribution in [0.4, 0.5) is 5.69 Å². The van der Waals surface area contributed by atoms with E-state index in [-0.39, 0.29) is 35.5 Å². The van der Waals surface area contributed by atoms with Gasteiger partial charge in [0.05, 0.1) is 24.6 Å². The molecule has 22 heavy (non-hydrogen) atoms. The summed E-state index contributed by atoms with van der Waals surface area (Å²) in [5, 5.41) is 0. The van der Waals surface area contributed by atoms with E-state index in [0.717, 1.165) is 0 Å². The molecule has 3 fully saturated rings. The Morgan fingerprint density at radius 2 is 1.59 bits per heavy atom. The number of benzene rings is 1. The van der Waals surface area contributed by atoms with Crippen molar-refractivity contribution in [2.24, 2.45) is 35.5 Å². The Bertz CT molecular complexity index is 689. The minimum absolute atomic E-state index is 0.0378. The number of methoxy groups -OCH3 is 1. The van der Waals surface area contributed by atoms with Crippen LogP contribution in [0.25, 0.3) is 0 Å². The zero-order valence-electron chi connectivity index (χ0n) is 12.3. The van der Waals surface area contributed by atoms with Crippen LogP contribution in [0.1, 0.15) is 6.42 Å². The fourth-order valence-electron chi connectivity index (χ4n) is 5.01. The van der Waals surface area contributed by atoms with E-state index in [9.17, 15) is 9.59 Å². The minimum Gasteiger partial charge on any atom is -0.495 e. The molecule has 0 N–H and O–H groups in total. The highest BCUT2D eigenvalue weighted by atomic mass is 16.5. The Morgan fingerprint density at radius 1 is 1.00 bits per heavy atom. The molecule has 112 valence electrons. The van der Waals surface area contributed by atoms with E-state index in [4.69, 9.17) is 4.74 Å². The van der Waals surface area contributed by atoms with E-state index in [1.807, 2.05) is 12.1 Å². The third kappa shape index (κ3) is 1.33. The number of ether oxygens (including phenoxy) is 1. The minimum atomic E-state index is -0.156. The van der Waals surface area contributed by atoms with Gasteiger partial charge in [0.15, 0.2) is 0 Å². The number of imide groups is 1. The van der Waals surface area contributed by atoms with Gasteiger partial charge in [0.25, 0.3) is 0 Å². The number of carbonyl (C=O) groups excluding carboxylic acids is 2. The Hall–Kier alpha value is -2.10. The topological polar surface area (TPSA) is 46.6 Å². The van der Waals surface area contributed by atoms with Gasteiger partial charge in [0.2, 0.25) is 11.8 Å². The molecule has 0 aromatic heterocycles. The van der Waals surface area contributed by atoms with Crippen LogP contribution in [-0.4, -0.2) is 18.9 Å². The summed E-state index contributed by atoms with van der Waals surface area (Å²) in [5.41, 5.74) is 0.586. The summed E-state index contributed by atoms with van der Waals surface area (Å²) in [6.07, 6.45) is 5.57. The summed E-state index contributed by atoms with van der Waals surface area (Å²) in [4.78, 5) is 27.4. The van der Waals surface area contributed by atoms with Crippen LogP contribution in [0.2, 0.25) is 0 Å². The van der Waals surface area contributed by atoms with Gasteiger partial charge in [0.1, 0.15) is 5.75 Å². The molecule has 6 rings (SSSR count). The van der Waals surface area contributed by atoms with Gasteiger partial charge < -0.3 is 4.74 Å². The molecule has 0 spiro atoms. The summed E-state index contributed by atoms with van der Waals surface area (Å²) < 4.78 is 5.35. The summed E-state index contributed by atoms with van der Waals surface area (Å²) in [6.45, 7) is 0. The lowest BCUT2D eigenvalue weighted by Crippen LogP contribution is -2.40. The molecule has 1 heterocycles. The summed E-state index contributed by atoms with van der Waals surface area (Å²) in [7, 11) is 1.57. The molecule has 0 radical (unpaired) electrons. The van der Waals surface area contributed by atoms with Gasteiger partial charge in [-0.25, -0.2) is 4.90 Å². The number of hydrogen-bond acceptors (Lipinski definition) is 3. The van der Waals surface area contributed by atoms with Gasteiger partial charge in [-0.2, -0.15) is 0 Å². The predicted octanol–water partition coefficient (Wildman–Crippen LogP) is 2.25. The lowest BCUT2D eigenvalue weighted by Gasteiger charge is -2.37. The molecule has 1 aromatic rings. The number of allylic oxidation sites excluding steroid dienone is 2. The van der Waals surface area contributed by atoms with Crippen LogP contribution >= 0.6 is 0 Å². The van der Waals surface area contributed by atoms with E-state index in [1.165, 1.54) is 11.3 Å². The molecule has 4 heteroatoms. The van der Waals surface area contributed by atoms with Crippen molar-refractivity contribution in [3.8, 4) is 5.75 Å². The number of para-hydroxylation sites is 2. The number of rotatable bonds is 2. The van der Waals surface area contributed by atoms with Crippen molar-refractivity contribution in [3.05, 3.63) is 36.4 Å². The van der Waals surface area contributed by atoms with Crippen LogP contribution < -0.4 is 9.64 Å². The van der Waals surface area contributed by atoms with Crippen LogP contribution in [0, 0.1) is 35.5 Å². The second-order valence-corrected chi connectivity index (χ2v) is 6.84. The monoisotopic (exact) mass is 295 g/mol. The Morgan fingerprint density at radius 3 is 2.18 bits per heavy atom. The lowest BCUT2D eigenvalue weighted by atomic mass is 9.63. The first-order chi connectivity index (χ1) is 10.7.